The van der Waals surface area contributed by atoms with Gasteiger partial charge in [0.15, 0.2) is 5.75 Å². The van der Waals surface area contributed by atoms with Crippen LogP contribution in [0.3, 0.4) is 0 Å². The van der Waals surface area contributed by atoms with Crippen molar-refractivity contribution in [3.63, 3.8) is 0 Å². The number of benzene rings is 1. The average molecular weight is 224 g/mol. The quantitative estimate of drug-likeness (QED) is 0.722. The third kappa shape index (κ3) is 2.03. The Labute approximate surface area is 84.0 Å². The third-order valence-electron chi connectivity index (χ3n) is 1.13. The van der Waals surface area contributed by atoms with Gasteiger partial charge in [-0.05, 0) is 6.07 Å². The largest absolute Gasteiger partial charge is 0.423 e. The van der Waals surface area contributed by atoms with Crippen LogP contribution < -0.4 is 4.74 Å². The number of carbonyl (C=O) groups excluding carboxylic acids is 1. The second-order valence-corrected chi connectivity index (χ2v) is 3.10. The van der Waals surface area contributed by atoms with Gasteiger partial charge in [-0.3, -0.25) is 0 Å². The van der Waals surface area contributed by atoms with Gasteiger partial charge in [0.2, 0.25) is 0 Å². The fourth-order valence-electron chi connectivity index (χ4n) is 0.627. The number of ether oxygens (including phenoxy) is 1. The molecule has 0 aliphatic carbocycles. The molecule has 1 aromatic rings. The molecular weight excluding hydrogens is 222 g/mol. The first kappa shape index (κ1) is 9.65. The second-order valence-electron chi connectivity index (χ2n) is 1.88. The number of hydrogen-bond acceptors (Lipinski definition) is 2. The minimum atomic E-state index is 0.140. The van der Waals surface area contributed by atoms with Crippen molar-refractivity contribution in [3.05, 3.63) is 27.2 Å². The lowest BCUT2D eigenvalue weighted by molar-refractivity contribution is 0.443. The van der Waals surface area contributed by atoms with Crippen LogP contribution in [-0.2, 0) is 4.79 Å². The molecule has 1 radical (unpaired) electrons. The first-order chi connectivity index (χ1) is 5.65. The lowest BCUT2D eigenvalue weighted by Gasteiger charge is -2.01. The zero-order valence-corrected chi connectivity index (χ0v) is 7.87. The number of rotatable bonds is 2. The van der Waals surface area contributed by atoms with E-state index in [0.29, 0.717) is 5.02 Å². The van der Waals surface area contributed by atoms with Crippen molar-refractivity contribution >= 4 is 41.3 Å². The van der Waals surface area contributed by atoms with Crippen LogP contribution >= 0.6 is 34.8 Å². The monoisotopic (exact) mass is 223 g/mol. The van der Waals surface area contributed by atoms with E-state index in [0.717, 1.165) is 0 Å². The van der Waals surface area contributed by atoms with Gasteiger partial charge >= 0.3 is 6.47 Å². The van der Waals surface area contributed by atoms with Crippen molar-refractivity contribution in [2.75, 3.05) is 0 Å². The van der Waals surface area contributed by atoms with Crippen LogP contribution in [0.2, 0.25) is 15.1 Å². The highest BCUT2D eigenvalue weighted by Gasteiger charge is 2.06. The van der Waals surface area contributed by atoms with Crippen LogP contribution in [0.15, 0.2) is 12.1 Å². The molecule has 0 saturated heterocycles. The Hall–Kier alpha value is -0.440. The fraction of sp³-hybridized carbons (Fsp3) is 0. The van der Waals surface area contributed by atoms with E-state index in [9.17, 15) is 4.79 Å². The highest BCUT2D eigenvalue weighted by molar-refractivity contribution is 6.43. The predicted octanol–water partition coefficient (Wildman–Crippen LogP) is 3.09. The van der Waals surface area contributed by atoms with Gasteiger partial charge in [0.1, 0.15) is 0 Å². The summed E-state index contributed by atoms with van der Waals surface area (Å²) in [5, 5.41) is 0.791. The van der Waals surface area contributed by atoms with Gasteiger partial charge in [0.25, 0.3) is 0 Å². The Morgan fingerprint density at radius 3 is 2.25 bits per heavy atom. The van der Waals surface area contributed by atoms with Gasteiger partial charge in [-0.1, -0.05) is 34.8 Å². The second kappa shape index (κ2) is 3.99. The molecule has 0 atom stereocenters. The molecule has 2 nitrogen and oxygen atoms in total. The van der Waals surface area contributed by atoms with Crippen molar-refractivity contribution in [3.8, 4) is 5.75 Å². The number of halogens is 3. The molecule has 0 heterocycles. The third-order valence-corrected chi connectivity index (χ3v) is 2.14. The van der Waals surface area contributed by atoms with Crippen LogP contribution in [0.25, 0.3) is 0 Å². The summed E-state index contributed by atoms with van der Waals surface area (Å²) in [5.74, 6) is 0.140. The van der Waals surface area contributed by atoms with Crippen LogP contribution in [0.4, 0.5) is 0 Å². The Balaban J connectivity index is 3.13. The molecule has 0 fully saturated rings. The van der Waals surface area contributed by atoms with Crippen molar-refractivity contribution in [2.45, 2.75) is 0 Å². The average Bonchev–Trinajstić information content (AvgIpc) is 2.01. The van der Waals surface area contributed by atoms with Gasteiger partial charge in [-0.25, -0.2) is 4.79 Å². The Morgan fingerprint density at radius 2 is 1.67 bits per heavy atom. The SMILES string of the molecule is O=[C]Oc1cc(Cl)c(Cl)cc1Cl. The summed E-state index contributed by atoms with van der Waals surface area (Å²) >= 11 is 16.9. The minimum absolute atomic E-state index is 0.140. The van der Waals surface area contributed by atoms with Crippen LogP contribution in [0.1, 0.15) is 0 Å². The van der Waals surface area contributed by atoms with E-state index < -0.39 is 0 Å². The van der Waals surface area contributed by atoms with Crippen LogP contribution in [0.5, 0.6) is 5.75 Å². The lowest BCUT2D eigenvalue weighted by atomic mass is 10.3. The maximum atomic E-state index is 9.84. The van der Waals surface area contributed by atoms with Gasteiger partial charge in [0.05, 0.1) is 15.1 Å². The normalized spacial score (nSPS) is 9.58. The van der Waals surface area contributed by atoms with Gasteiger partial charge in [-0.15, -0.1) is 0 Å². The summed E-state index contributed by atoms with van der Waals surface area (Å²) < 4.78 is 4.39. The number of hydrogen-bond donors (Lipinski definition) is 0. The van der Waals surface area contributed by atoms with E-state index in [4.69, 9.17) is 34.8 Å². The smallest absolute Gasteiger partial charge is 0.416 e. The van der Waals surface area contributed by atoms with Gasteiger partial charge < -0.3 is 4.74 Å². The highest BCUT2D eigenvalue weighted by atomic mass is 35.5. The van der Waals surface area contributed by atoms with E-state index in [-0.39, 0.29) is 15.8 Å². The molecule has 0 N–H and O–H groups in total. The Kier molecular flexibility index (Phi) is 3.20. The standard InChI is InChI=1S/C7H2Cl3O2/c8-4-1-6(10)7(12-3-11)2-5(4)9/h1-2H. The molecule has 63 valence electrons. The van der Waals surface area contributed by atoms with E-state index in [2.05, 4.69) is 4.74 Å². The highest BCUT2D eigenvalue weighted by Crippen LogP contribution is 2.33. The molecular formula is C7H2Cl3O2. The van der Waals surface area contributed by atoms with E-state index in [1.54, 1.807) is 0 Å². The molecule has 5 heteroatoms. The van der Waals surface area contributed by atoms with Crippen molar-refractivity contribution in [2.24, 2.45) is 0 Å². The van der Waals surface area contributed by atoms with E-state index >= 15 is 0 Å². The topological polar surface area (TPSA) is 26.3 Å². The summed E-state index contributed by atoms with van der Waals surface area (Å²) in [5.41, 5.74) is 0. The Bertz CT molecular complexity index is 312. The molecule has 1 aromatic carbocycles. The summed E-state index contributed by atoms with van der Waals surface area (Å²) in [6.07, 6.45) is 0. The van der Waals surface area contributed by atoms with Gasteiger partial charge in [-0.2, -0.15) is 0 Å². The van der Waals surface area contributed by atoms with Gasteiger partial charge in [0, 0.05) is 6.07 Å². The Morgan fingerprint density at radius 1 is 1.08 bits per heavy atom. The fourth-order valence-corrected chi connectivity index (χ4v) is 1.20. The van der Waals surface area contributed by atoms with Crippen molar-refractivity contribution < 1.29 is 9.53 Å². The van der Waals surface area contributed by atoms with E-state index in [1.807, 2.05) is 0 Å². The molecule has 0 aliphatic heterocycles. The molecule has 12 heavy (non-hydrogen) atoms. The zero-order valence-electron chi connectivity index (χ0n) is 5.61. The summed E-state index contributed by atoms with van der Waals surface area (Å²) in [6, 6.07) is 2.73. The molecule has 0 aromatic heterocycles. The summed E-state index contributed by atoms with van der Waals surface area (Å²) in [6.45, 7) is 1.24. The summed E-state index contributed by atoms with van der Waals surface area (Å²) in [4.78, 5) is 9.84. The minimum Gasteiger partial charge on any atom is -0.416 e. The predicted molar refractivity (Wildman–Crippen MR) is 47.8 cm³/mol. The molecule has 0 unspecified atom stereocenters. The molecule has 0 aliphatic rings. The van der Waals surface area contributed by atoms with Crippen LogP contribution in [0, 0.1) is 0 Å². The molecule has 1 rings (SSSR count). The first-order valence-corrected chi connectivity index (χ1v) is 3.97. The molecule has 0 amide bonds. The maximum Gasteiger partial charge on any atom is 0.423 e. The maximum absolute atomic E-state index is 9.84. The van der Waals surface area contributed by atoms with Crippen molar-refractivity contribution in [1.29, 1.82) is 0 Å². The first-order valence-electron chi connectivity index (χ1n) is 2.83. The lowest BCUT2D eigenvalue weighted by Crippen LogP contribution is -1.89. The molecule has 0 saturated carbocycles. The molecule has 0 spiro atoms. The van der Waals surface area contributed by atoms with E-state index in [1.165, 1.54) is 18.6 Å². The zero-order chi connectivity index (χ0) is 9.14. The van der Waals surface area contributed by atoms with Crippen molar-refractivity contribution in [1.82, 2.24) is 0 Å². The summed E-state index contributed by atoms with van der Waals surface area (Å²) in [7, 11) is 0. The van der Waals surface area contributed by atoms with Crippen LogP contribution in [-0.4, -0.2) is 6.47 Å². The molecule has 0 bridgehead atoms.